The van der Waals surface area contributed by atoms with Gasteiger partial charge in [0.15, 0.2) is 0 Å². The first-order valence-electron chi connectivity index (χ1n) is 7.04. The largest absolute Gasteiger partial charge is 0.316 e. The molecule has 0 heterocycles. The van der Waals surface area contributed by atoms with E-state index in [4.69, 9.17) is 0 Å². The predicted octanol–water partition coefficient (Wildman–Crippen LogP) is 2.89. The van der Waals surface area contributed by atoms with E-state index >= 15 is 0 Å². The van der Waals surface area contributed by atoms with Crippen LogP contribution in [0.4, 0.5) is 0 Å². The summed E-state index contributed by atoms with van der Waals surface area (Å²) in [4.78, 5) is 2.72. The van der Waals surface area contributed by atoms with Gasteiger partial charge in [-0.2, -0.15) is 0 Å². The molecule has 1 aliphatic rings. The molecule has 2 heteroatoms. The van der Waals surface area contributed by atoms with E-state index in [2.05, 4.69) is 37.9 Å². The summed E-state index contributed by atoms with van der Waals surface area (Å²) in [6, 6.07) is 0.910. The Hall–Kier alpha value is -0.0800. The molecule has 0 radical (unpaired) electrons. The van der Waals surface area contributed by atoms with Crippen LogP contribution in [0.3, 0.4) is 0 Å². The summed E-state index contributed by atoms with van der Waals surface area (Å²) in [6.07, 6.45) is 5.53. The second-order valence-corrected chi connectivity index (χ2v) is 6.00. The lowest BCUT2D eigenvalue weighted by atomic mass is 9.92. The summed E-state index contributed by atoms with van der Waals surface area (Å²) in [5.41, 5.74) is 0.409. The third-order valence-electron chi connectivity index (χ3n) is 3.35. The molecule has 16 heavy (non-hydrogen) atoms. The highest BCUT2D eigenvalue weighted by Crippen LogP contribution is 2.30. The smallest absolute Gasteiger partial charge is 0.00966 e. The van der Waals surface area contributed by atoms with E-state index in [0.717, 1.165) is 19.1 Å². The van der Waals surface area contributed by atoms with Crippen molar-refractivity contribution in [3.8, 4) is 0 Å². The monoisotopic (exact) mass is 226 g/mol. The van der Waals surface area contributed by atoms with Crippen LogP contribution < -0.4 is 5.32 Å². The molecule has 0 atom stereocenters. The summed E-state index contributed by atoms with van der Waals surface area (Å²) in [5, 5.41) is 3.48. The van der Waals surface area contributed by atoms with Crippen LogP contribution in [0, 0.1) is 5.41 Å². The fraction of sp³-hybridized carbons (Fsp3) is 1.00. The second kappa shape index (κ2) is 6.61. The maximum atomic E-state index is 3.48. The Labute approximate surface area is 102 Å². The number of nitrogens with one attached hydrogen (secondary N) is 1. The van der Waals surface area contributed by atoms with Crippen molar-refractivity contribution in [1.82, 2.24) is 10.2 Å². The zero-order valence-electron chi connectivity index (χ0n) is 11.7. The third-order valence-corrected chi connectivity index (χ3v) is 3.35. The molecule has 0 aromatic carbocycles. The topological polar surface area (TPSA) is 15.3 Å². The van der Waals surface area contributed by atoms with Crippen LogP contribution in [0.1, 0.15) is 53.4 Å². The van der Waals surface area contributed by atoms with Crippen molar-refractivity contribution in [2.45, 2.75) is 59.4 Å². The van der Waals surface area contributed by atoms with Gasteiger partial charge in [-0.25, -0.2) is 0 Å². The fourth-order valence-corrected chi connectivity index (χ4v) is 2.26. The zero-order chi connectivity index (χ0) is 12.0. The first kappa shape index (κ1) is 14.0. The molecule has 0 aromatic rings. The quantitative estimate of drug-likeness (QED) is 0.650. The lowest BCUT2D eigenvalue weighted by molar-refractivity contribution is 0.165. The van der Waals surface area contributed by atoms with Crippen molar-refractivity contribution < 1.29 is 0 Å². The van der Waals surface area contributed by atoms with Crippen molar-refractivity contribution >= 4 is 0 Å². The summed E-state index contributed by atoms with van der Waals surface area (Å²) < 4.78 is 0. The number of rotatable bonds is 9. The van der Waals surface area contributed by atoms with E-state index in [1.165, 1.54) is 38.8 Å². The molecule has 96 valence electrons. The fourth-order valence-electron chi connectivity index (χ4n) is 2.26. The Kier molecular flexibility index (Phi) is 5.77. The van der Waals surface area contributed by atoms with E-state index in [1.807, 2.05) is 0 Å². The summed E-state index contributed by atoms with van der Waals surface area (Å²) in [7, 11) is 0. The molecule has 0 unspecified atom stereocenters. The molecule has 0 aromatic heterocycles. The van der Waals surface area contributed by atoms with Gasteiger partial charge in [0.05, 0.1) is 0 Å². The van der Waals surface area contributed by atoms with Crippen LogP contribution in [0.5, 0.6) is 0 Å². The number of unbranched alkanes of at least 4 members (excludes halogenated alkanes) is 1. The van der Waals surface area contributed by atoms with Gasteiger partial charge in [0.25, 0.3) is 0 Å². The molecule has 1 fully saturated rings. The van der Waals surface area contributed by atoms with Crippen molar-refractivity contribution in [3.63, 3.8) is 0 Å². The minimum atomic E-state index is 0.409. The van der Waals surface area contributed by atoms with Gasteiger partial charge < -0.3 is 5.32 Å². The maximum Gasteiger partial charge on any atom is 0.00966 e. The average Bonchev–Trinajstić information content (AvgIpc) is 3.05. The van der Waals surface area contributed by atoms with E-state index < -0.39 is 0 Å². The Balaban J connectivity index is 2.33. The van der Waals surface area contributed by atoms with E-state index in [-0.39, 0.29) is 0 Å². The standard InChI is InChI=1S/C14H30N2/c1-5-7-10-16(13-8-9-13)12-14(3,4)11-15-6-2/h13,15H,5-12H2,1-4H3. The van der Waals surface area contributed by atoms with Gasteiger partial charge in [0.1, 0.15) is 0 Å². The van der Waals surface area contributed by atoms with Gasteiger partial charge in [-0.05, 0) is 37.8 Å². The van der Waals surface area contributed by atoms with Crippen LogP contribution in [0.2, 0.25) is 0 Å². The predicted molar refractivity (Wildman–Crippen MR) is 71.8 cm³/mol. The molecule has 0 spiro atoms. The molecule has 1 N–H and O–H groups in total. The summed E-state index contributed by atoms with van der Waals surface area (Å²) in [6.45, 7) is 14.0. The molecule has 0 aliphatic heterocycles. The molecule has 0 amide bonds. The van der Waals surface area contributed by atoms with Gasteiger partial charge in [-0.15, -0.1) is 0 Å². The number of hydrogen-bond donors (Lipinski definition) is 1. The molecule has 0 bridgehead atoms. The Morgan fingerprint density at radius 2 is 1.94 bits per heavy atom. The minimum Gasteiger partial charge on any atom is -0.316 e. The van der Waals surface area contributed by atoms with Crippen molar-refractivity contribution in [2.75, 3.05) is 26.2 Å². The van der Waals surface area contributed by atoms with Gasteiger partial charge >= 0.3 is 0 Å². The summed E-state index contributed by atoms with van der Waals surface area (Å²) >= 11 is 0. The Morgan fingerprint density at radius 1 is 1.25 bits per heavy atom. The van der Waals surface area contributed by atoms with Crippen molar-refractivity contribution in [1.29, 1.82) is 0 Å². The highest BCUT2D eigenvalue weighted by Gasteiger charge is 2.32. The average molecular weight is 226 g/mol. The van der Waals surface area contributed by atoms with E-state index in [1.54, 1.807) is 0 Å². The third kappa shape index (κ3) is 5.31. The maximum absolute atomic E-state index is 3.48. The van der Waals surface area contributed by atoms with Gasteiger partial charge in [-0.1, -0.05) is 34.1 Å². The zero-order valence-corrected chi connectivity index (χ0v) is 11.7. The highest BCUT2D eigenvalue weighted by atomic mass is 15.2. The van der Waals surface area contributed by atoms with Crippen molar-refractivity contribution in [3.05, 3.63) is 0 Å². The van der Waals surface area contributed by atoms with Crippen LogP contribution in [-0.4, -0.2) is 37.1 Å². The molecule has 2 nitrogen and oxygen atoms in total. The van der Waals surface area contributed by atoms with Crippen LogP contribution in [-0.2, 0) is 0 Å². The normalized spacial score (nSPS) is 17.1. The second-order valence-electron chi connectivity index (χ2n) is 6.00. The first-order valence-corrected chi connectivity index (χ1v) is 7.04. The molecule has 1 aliphatic carbocycles. The van der Waals surface area contributed by atoms with Gasteiger partial charge in [-0.3, -0.25) is 4.90 Å². The Bertz CT molecular complexity index is 185. The van der Waals surface area contributed by atoms with Gasteiger partial charge in [0, 0.05) is 19.1 Å². The Morgan fingerprint density at radius 3 is 2.44 bits per heavy atom. The van der Waals surface area contributed by atoms with Crippen LogP contribution in [0.15, 0.2) is 0 Å². The first-order chi connectivity index (χ1) is 7.59. The number of nitrogens with zero attached hydrogens (tertiary/aromatic N) is 1. The van der Waals surface area contributed by atoms with Crippen LogP contribution in [0.25, 0.3) is 0 Å². The number of hydrogen-bond acceptors (Lipinski definition) is 2. The molecular weight excluding hydrogens is 196 g/mol. The molecule has 0 saturated heterocycles. The lowest BCUT2D eigenvalue weighted by Gasteiger charge is -2.33. The summed E-state index contributed by atoms with van der Waals surface area (Å²) in [5.74, 6) is 0. The highest BCUT2D eigenvalue weighted by molar-refractivity contribution is 4.88. The lowest BCUT2D eigenvalue weighted by Crippen LogP contribution is -2.41. The van der Waals surface area contributed by atoms with E-state index in [9.17, 15) is 0 Å². The van der Waals surface area contributed by atoms with E-state index in [0.29, 0.717) is 5.41 Å². The van der Waals surface area contributed by atoms with Gasteiger partial charge in [0.2, 0.25) is 0 Å². The van der Waals surface area contributed by atoms with Crippen LogP contribution >= 0.6 is 0 Å². The SMILES string of the molecule is CCCCN(CC(C)(C)CNCC)C1CC1. The van der Waals surface area contributed by atoms with Crippen molar-refractivity contribution in [2.24, 2.45) is 5.41 Å². The molecular formula is C14H30N2. The molecule has 1 rings (SSSR count). The molecule has 1 saturated carbocycles. The minimum absolute atomic E-state index is 0.409.